The fourth-order valence-electron chi connectivity index (χ4n) is 6.24. The molecule has 2 unspecified atom stereocenters. The Morgan fingerprint density at radius 2 is 1.89 bits per heavy atom. The Hall–Kier alpha value is -1.14. The van der Waals surface area contributed by atoms with E-state index in [0.29, 0.717) is 25.7 Å². The Kier molecular flexibility index (Phi) is 4.63. The van der Waals surface area contributed by atoms with E-state index < -0.39 is 46.1 Å². The molecule has 3 saturated carbocycles. The van der Waals surface area contributed by atoms with Crippen LogP contribution in [0.4, 0.5) is 13.2 Å². The third-order valence-corrected chi connectivity index (χ3v) is 8.22. The lowest BCUT2D eigenvalue weighted by Gasteiger charge is -2.46. The number of phenolic OH excluding ortho intramolecular Hbond substituents is 1. The molecule has 0 saturated heterocycles. The SMILES string of the molecule is NC(=O)C1([C@@H](c2c(F)c(O)cc(Cl)c2Cl)C23CCC(F)(CC2)C3)CCC(F)C1. The van der Waals surface area contributed by atoms with Crippen molar-refractivity contribution in [2.75, 3.05) is 0 Å². The number of rotatable bonds is 4. The van der Waals surface area contributed by atoms with Gasteiger partial charge in [-0.3, -0.25) is 4.79 Å². The van der Waals surface area contributed by atoms with Crippen LogP contribution < -0.4 is 5.73 Å². The van der Waals surface area contributed by atoms with Crippen LogP contribution >= 0.6 is 23.2 Å². The van der Waals surface area contributed by atoms with Gasteiger partial charge < -0.3 is 10.8 Å². The zero-order valence-electron chi connectivity index (χ0n) is 15.2. The fraction of sp³-hybridized carbons (Fsp3) is 0.650. The maximum atomic E-state index is 15.2. The average molecular weight is 436 g/mol. The number of hydrogen-bond acceptors (Lipinski definition) is 2. The molecule has 3 aliphatic rings. The van der Waals surface area contributed by atoms with Crippen molar-refractivity contribution in [2.24, 2.45) is 16.6 Å². The van der Waals surface area contributed by atoms with E-state index in [9.17, 15) is 14.3 Å². The molecule has 154 valence electrons. The molecular weight excluding hydrogens is 414 g/mol. The van der Waals surface area contributed by atoms with Crippen LogP contribution in [0.25, 0.3) is 0 Å². The molecule has 2 bridgehead atoms. The normalized spacial score (nSPS) is 38.1. The summed E-state index contributed by atoms with van der Waals surface area (Å²) in [5.74, 6) is -3.40. The molecule has 0 heterocycles. The van der Waals surface area contributed by atoms with E-state index in [1.807, 2.05) is 0 Å². The predicted molar refractivity (Wildman–Crippen MR) is 101 cm³/mol. The molecule has 1 aromatic carbocycles. The number of fused-ring (bicyclic) bond motifs is 2. The lowest BCUT2D eigenvalue weighted by atomic mass is 9.56. The number of carbonyl (C=O) groups excluding carboxylic acids is 1. The van der Waals surface area contributed by atoms with Crippen molar-refractivity contribution in [1.82, 2.24) is 0 Å². The molecule has 3 N–H and O–H groups in total. The summed E-state index contributed by atoms with van der Waals surface area (Å²) in [6, 6.07) is 0.990. The minimum Gasteiger partial charge on any atom is -0.505 e. The van der Waals surface area contributed by atoms with Gasteiger partial charge in [-0.15, -0.1) is 0 Å². The summed E-state index contributed by atoms with van der Waals surface area (Å²) >= 11 is 12.5. The predicted octanol–water partition coefficient (Wildman–Crippen LogP) is 5.59. The molecule has 28 heavy (non-hydrogen) atoms. The number of alkyl halides is 2. The Morgan fingerprint density at radius 3 is 2.36 bits per heavy atom. The van der Waals surface area contributed by atoms with Crippen LogP contribution in [0.3, 0.4) is 0 Å². The molecule has 1 amide bonds. The summed E-state index contributed by atoms with van der Waals surface area (Å²) in [5, 5.41) is 9.84. The first-order valence-electron chi connectivity index (χ1n) is 9.53. The van der Waals surface area contributed by atoms with Crippen molar-refractivity contribution < 1.29 is 23.1 Å². The summed E-state index contributed by atoms with van der Waals surface area (Å²) in [6.45, 7) is 0. The second kappa shape index (κ2) is 6.43. The van der Waals surface area contributed by atoms with Crippen molar-refractivity contribution in [3.8, 4) is 5.75 Å². The highest BCUT2D eigenvalue weighted by Crippen LogP contribution is 2.70. The van der Waals surface area contributed by atoms with Gasteiger partial charge in [-0.2, -0.15) is 0 Å². The molecule has 3 atom stereocenters. The van der Waals surface area contributed by atoms with Gasteiger partial charge in [0.15, 0.2) is 11.6 Å². The third-order valence-electron chi connectivity index (χ3n) is 7.42. The second-order valence-corrected chi connectivity index (χ2v) is 9.69. The Labute approximate surface area is 171 Å². The first-order valence-corrected chi connectivity index (χ1v) is 10.3. The minimum atomic E-state index is -1.41. The van der Waals surface area contributed by atoms with Crippen molar-refractivity contribution in [1.29, 1.82) is 0 Å². The van der Waals surface area contributed by atoms with E-state index in [2.05, 4.69) is 0 Å². The molecule has 3 fully saturated rings. The van der Waals surface area contributed by atoms with Crippen LogP contribution in [-0.2, 0) is 4.79 Å². The second-order valence-electron chi connectivity index (χ2n) is 8.90. The summed E-state index contributed by atoms with van der Waals surface area (Å²) in [5.41, 5.74) is 2.07. The molecule has 4 rings (SSSR count). The van der Waals surface area contributed by atoms with Crippen LogP contribution in [0, 0.1) is 16.6 Å². The van der Waals surface area contributed by atoms with Crippen molar-refractivity contribution in [3.05, 3.63) is 27.5 Å². The number of halogens is 5. The first kappa shape index (κ1) is 20.1. The molecule has 1 aromatic rings. The topological polar surface area (TPSA) is 63.3 Å². The number of hydrogen-bond donors (Lipinski definition) is 2. The van der Waals surface area contributed by atoms with Crippen LogP contribution in [0.1, 0.15) is 62.8 Å². The number of carbonyl (C=O) groups is 1. The summed E-state index contributed by atoms with van der Waals surface area (Å²) in [4.78, 5) is 12.7. The van der Waals surface area contributed by atoms with Gasteiger partial charge in [-0.25, -0.2) is 13.2 Å². The lowest BCUT2D eigenvalue weighted by Crippen LogP contribution is -2.47. The standard InChI is InChI=1S/C20H22Cl2F3NO2/c21-11-7-12(27)15(24)13(14(11)22)16(18-3-5-19(25,9-18)6-4-18)20(17(26)28)2-1-10(23)8-20/h7,10,16,27H,1-6,8-9H2,(H2,26,28)/t10?,16-,18?,19?,20?/m0/s1. The van der Waals surface area contributed by atoms with Crippen molar-refractivity contribution in [2.45, 2.75) is 69.1 Å². The number of aromatic hydroxyl groups is 1. The largest absolute Gasteiger partial charge is 0.505 e. The summed E-state index contributed by atoms with van der Waals surface area (Å²) < 4.78 is 44.6. The zero-order valence-corrected chi connectivity index (χ0v) is 16.7. The Morgan fingerprint density at radius 1 is 1.25 bits per heavy atom. The Bertz CT molecular complexity index is 815. The van der Waals surface area contributed by atoms with Gasteiger partial charge in [0.2, 0.25) is 5.91 Å². The molecule has 0 radical (unpaired) electrons. The van der Waals surface area contributed by atoms with E-state index in [1.54, 1.807) is 0 Å². The minimum absolute atomic E-state index is 0.0751. The highest BCUT2D eigenvalue weighted by molar-refractivity contribution is 6.42. The van der Waals surface area contributed by atoms with Gasteiger partial charge in [-0.05, 0) is 56.8 Å². The highest BCUT2D eigenvalue weighted by Gasteiger charge is 2.66. The molecule has 3 aliphatic carbocycles. The molecule has 0 aliphatic heterocycles. The molecule has 3 nitrogen and oxygen atoms in total. The summed E-state index contributed by atoms with van der Waals surface area (Å²) in [7, 11) is 0. The van der Waals surface area contributed by atoms with Crippen LogP contribution in [0.5, 0.6) is 5.75 Å². The summed E-state index contributed by atoms with van der Waals surface area (Å²) in [6.07, 6.45) is 0.370. The van der Waals surface area contributed by atoms with Gasteiger partial charge in [0.1, 0.15) is 11.8 Å². The number of phenols is 1. The monoisotopic (exact) mass is 435 g/mol. The van der Waals surface area contributed by atoms with E-state index in [0.717, 1.165) is 6.07 Å². The number of primary amides is 1. The van der Waals surface area contributed by atoms with Crippen molar-refractivity contribution >= 4 is 29.1 Å². The number of amides is 1. The van der Waals surface area contributed by atoms with Crippen LogP contribution in [0.2, 0.25) is 10.0 Å². The smallest absolute Gasteiger partial charge is 0.224 e. The van der Waals surface area contributed by atoms with Gasteiger partial charge in [0, 0.05) is 17.5 Å². The molecular formula is C20H22Cl2F3NO2. The van der Waals surface area contributed by atoms with E-state index >= 15 is 8.78 Å². The zero-order chi connectivity index (χ0) is 20.5. The maximum Gasteiger partial charge on any atom is 0.224 e. The Balaban J connectivity index is 1.98. The third kappa shape index (κ3) is 2.74. The fourth-order valence-corrected chi connectivity index (χ4v) is 6.70. The number of nitrogens with two attached hydrogens (primary N) is 1. The van der Waals surface area contributed by atoms with Gasteiger partial charge in [0.05, 0.1) is 15.5 Å². The van der Waals surface area contributed by atoms with E-state index in [-0.39, 0.29) is 41.3 Å². The van der Waals surface area contributed by atoms with Crippen LogP contribution in [-0.4, -0.2) is 22.9 Å². The molecule has 0 spiro atoms. The average Bonchev–Trinajstić information content (AvgIpc) is 3.28. The lowest BCUT2D eigenvalue weighted by molar-refractivity contribution is -0.131. The molecule has 8 heteroatoms. The van der Waals surface area contributed by atoms with E-state index in [1.165, 1.54) is 0 Å². The molecule has 0 aromatic heterocycles. The van der Waals surface area contributed by atoms with Crippen LogP contribution in [0.15, 0.2) is 6.07 Å². The van der Waals surface area contributed by atoms with Gasteiger partial charge in [-0.1, -0.05) is 23.2 Å². The first-order chi connectivity index (χ1) is 13.0. The van der Waals surface area contributed by atoms with Crippen molar-refractivity contribution in [3.63, 3.8) is 0 Å². The van der Waals surface area contributed by atoms with Gasteiger partial charge >= 0.3 is 0 Å². The maximum absolute atomic E-state index is 15.2. The quantitative estimate of drug-likeness (QED) is 0.605. The highest BCUT2D eigenvalue weighted by atomic mass is 35.5. The number of benzene rings is 1. The van der Waals surface area contributed by atoms with E-state index in [4.69, 9.17) is 28.9 Å². The van der Waals surface area contributed by atoms with Gasteiger partial charge in [0.25, 0.3) is 0 Å².